The molecular formula is C3H8O3S. The number of hydrogen-bond donors (Lipinski definition) is 2. The molecule has 44 valence electrons. The van der Waals surface area contributed by atoms with Gasteiger partial charge >= 0.3 is 6.16 Å². The van der Waals surface area contributed by atoms with E-state index in [1.807, 2.05) is 0 Å². The second-order valence-corrected chi connectivity index (χ2v) is 0.470. The normalized spacial score (nSPS) is 5.57. The van der Waals surface area contributed by atoms with Gasteiger partial charge in [-0.2, -0.15) is 12.6 Å². The van der Waals surface area contributed by atoms with Crippen LogP contribution in [-0.4, -0.2) is 24.6 Å². The lowest BCUT2D eigenvalue weighted by molar-refractivity contribution is 0.114. The van der Waals surface area contributed by atoms with E-state index in [0.29, 0.717) is 0 Å². The minimum Gasteiger partial charge on any atom is -0.450 e. The van der Waals surface area contributed by atoms with Crippen molar-refractivity contribution in [3.05, 3.63) is 0 Å². The number of ether oxygens (including phenoxy) is 1. The number of rotatable bonds is 0. The van der Waals surface area contributed by atoms with Gasteiger partial charge in [0.25, 0.3) is 0 Å². The van der Waals surface area contributed by atoms with E-state index in [4.69, 9.17) is 9.90 Å². The maximum Gasteiger partial charge on any atom is 0.505 e. The molecule has 0 spiro atoms. The standard InChI is InChI=1S/C2H4O3.CH4S/c1-5-2(3)4;1-2/h1H3,(H,3,4);2H,1H3. The summed E-state index contributed by atoms with van der Waals surface area (Å²) in [5.41, 5.74) is 0. The molecule has 0 atom stereocenters. The first-order valence-electron chi connectivity index (χ1n) is 1.49. The van der Waals surface area contributed by atoms with Crippen LogP contribution in [0.2, 0.25) is 0 Å². The lowest BCUT2D eigenvalue weighted by atomic mass is 11.4. The number of hydrogen-bond acceptors (Lipinski definition) is 3. The summed E-state index contributed by atoms with van der Waals surface area (Å²) in [6.07, 6.45) is 0.449. The lowest BCUT2D eigenvalue weighted by Gasteiger charge is -1.79. The fourth-order valence-corrected chi connectivity index (χ4v) is 0. The van der Waals surface area contributed by atoms with Crippen molar-refractivity contribution in [2.75, 3.05) is 13.4 Å². The minimum atomic E-state index is -1.25. The van der Waals surface area contributed by atoms with Gasteiger partial charge in [-0.1, -0.05) is 0 Å². The Hall–Kier alpha value is -0.380. The van der Waals surface area contributed by atoms with E-state index in [0.717, 1.165) is 7.11 Å². The quantitative estimate of drug-likeness (QED) is 0.372. The van der Waals surface area contributed by atoms with Crippen molar-refractivity contribution in [1.82, 2.24) is 0 Å². The van der Waals surface area contributed by atoms with Crippen LogP contribution in [0, 0.1) is 0 Å². The van der Waals surface area contributed by atoms with Crippen LogP contribution in [0.25, 0.3) is 0 Å². The summed E-state index contributed by atoms with van der Waals surface area (Å²) >= 11 is 3.53. The van der Waals surface area contributed by atoms with Crippen molar-refractivity contribution in [2.24, 2.45) is 0 Å². The van der Waals surface area contributed by atoms with Crippen molar-refractivity contribution in [2.45, 2.75) is 0 Å². The second kappa shape index (κ2) is 9.15. The molecule has 4 heteroatoms. The van der Waals surface area contributed by atoms with Gasteiger partial charge in [-0.25, -0.2) is 4.79 Å². The number of methoxy groups -OCH3 is 1. The highest BCUT2D eigenvalue weighted by molar-refractivity contribution is 7.79. The van der Waals surface area contributed by atoms with Gasteiger partial charge in [0.15, 0.2) is 0 Å². The van der Waals surface area contributed by atoms with E-state index < -0.39 is 6.16 Å². The average Bonchev–Trinajstić information content (AvgIpc) is 1.73. The Kier molecular flexibility index (Phi) is 12.8. The van der Waals surface area contributed by atoms with Gasteiger partial charge in [0.05, 0.1) is 7.11 Å². The summed E-state index contributed by atoms with van der Waals surface area (Å²) in [4.78, 5) is 9.15. The molecule has 0 rings (SSSR count). The molecule has 0 saturated heterocycles. The van der Waals surface area contributed by atoms with Crippen LogP contribution in [0.5, 0.6) is 0 Å². The minimum absolute atomic E-state index is 1.10. The topological polar surface area (TPSA) is 46.5 Å². The molecule has 0 amide bonds. The number of thiol groups is 1. The Balaban J connectivity index is 0. The van der Waals surface area contributed by atoms with Gasteiger partial charge in [0.1, 0.15) is 0 Å². The van der Waals surface area contributed by atoms with Crippen molar-refractivity contribution in [1.29, 1.82) is 0 Å². The fourth-order valence-electron chi connectivity index (χ4n) is 0. The maximum absolute atomic E-state index is 9.15. The summed E-state index contributed by atoms with van der Waals surface area (Å²) in [5, 5.41) is 7.50. The average molecular weight is 124 g/mol. The van der Waals surface area contributed by atoms with Crippen molar-refractivity contribution in [3.63, 3.8) is 0 Å². The van der Waals surface area contributed by atoms with Gasteiger partial charge < -0.3 is 9.84 Å². The smallest absolute Gasteiger partial charge is 0.450 e. The Morgan fingerprint density at radius 2 is 1.86 bits per heavy atom. The zero-order chi connectivity index (χ0) is 6.28. The zero-order valence-electron chi connectivity index (χ0n) is 4.21. The third-order valence-corrected chi connectivity index (χ3v) is 0.175. The maximum atomic E-state index is 9.15. The van der Waals surface area contributed by atoms with Crippen LogP contribution in [0.4, 0.5) is 4.79 Å². The molecule has 1 N–H and O–H groups in total. The van der Waals surface area contributed by atoms with Crippen molar-refractivity contribution >= 4 is 18.8 Å². The first-order chi connectivity index (χ1) is 3.27. The molecule has 0 radical (unpaired) electrons. The Labute approximate surface area is 47.7 Å². The Morgan fingerprint density at radius 3 is 1.86 bits per heavy atom. The van der Waals surface area contributed by atoms with Crippen molar-refractivity contribution in [3.8, 4) is 0 Å². The molecule has 0 fully saturated rings. The van der Waals surface area contributed by atoms with Crippen LogP contribution < -0.4 is 0 Å². The van der Waals surface area contributed by atoms with Gasteiger partial charge in [0, 0.05) is 0 Å². The van der Waals surface area contributed by atoms with Gasteiger partial charge in [-0.05, 0) is 6.26 Å². The SMILES string of the molecule is COC(=O)O.CS. The van der Waals surface area contributed by atoms with Crippen LogP contribution in [0.3, 0.4) is 0 Å². The van der Waals surface area contributed by atoms with E-state index in [1.54, 1.807) is 6.26 Å². The molecule has 7 heavy (non-hydrogen) atoms. The van der Waals surface area contributed by atoms with Crippen LogP contribution in [0.15, 0.2) is 0 Å². The van der Waals surface area contributed by atoms with Crippen LogP contribution in [-0.2, 0) is 4.74 Å². The van der Waals surface area contributed by atoms with E-state index >= 15 is 0 Å². The van der Waals surface area contributed by atoms with Crippen molar-refractivity contribution < 1.29 is 14.6 Å². The molecule has 0 saturated carbocycles. The highest BCUT2D eigenvalue weighted by Crippen LogP contribution is 1.60. The summed E-state index contributed by atoms with van der Waals surface area (Å²) in [6.45, 7) is 0. The molecule has 0 aliphatic heterocycles. The molecule has 0 heterocycles. The van der Waals surface area contributed by atoms with E-state index in [-0.39, 0.29) is 0 Å². The predicted octanol–water partition coefficient (Wildman–Crippen LogP) is 0.857. The van der Waals surface area contributed by atoms with Crippen LogP contribution in [0.1, 0.15) is 0 Å². The summed E-state index contributed by atoms with van der Waals surface area (Å²) in [7, 11) is 1.10. The highest BCUT2D eigenvalue weighted by Gasteiger charge is 1.80. The third kappa shape index (κ3) is 28.1. The van der Waals surface area contributed by atoms with E-state index in [2.05, 4.69) is 17.4 Å². The molecule has 0 aromatic rings. The first-order valence-corrected chi connectivity index (χ1v) is 2.38. The first kappa shape index (κ1) is 9.80. The lowest BCUT2D eigenvalue weighted by Crippen LogP contribution is -1.91. The summed E-state index contributed by atoms with van der Waals surface area (Å²) in [6, 6.07) is 0. The fraction of sp³-hybridized carbons (Fsp3) is 0.667. The molecule has 0 unspecified atom stereocenters. The molecule has 0 aliphatic carbocycles. The zero-order valence-corrected chi connectivity index (χ0v) is 5.11. The second-order valence-electron chi connectivity index (χ2n) is 0.470. The Morgan fingerprint density at radius 1 is 1.71 bits per heavy atom. The van der Waals surface area contributed by atoms with Gasteiger partial charge in [-0.15, -0.1) is 0 Å². The van der Waals surface area contributed by atoms with Gasteiger partial charge in [-0.3, -0.25) is 0 Å². The van der Waals surface area contributed by atoms with Crippen LogP contribution >= 0.6 is 12.6 Å². The molecule has 0 aromatic carbocycles. The van der Waals surface area contributed by atoms with E-state index in [1.165, 1.54) is 0 Å². The Bertz CT molecular complexity index is 45.4. The number of carboxylic acid groups (broad SMARTS) is 1. The van der Waals surface area contributed by atoms with Gasteiger partial charge in [0.2, 0.25) is 0 Å². The molecule has 0 aromatic heterocycles. The molecular weight excluding hydrogens is 116 g/mol. The number of carbonyl (C=O) groups is 1. The monoisotopic (exact) mass is 124 g/mol. The third-order valence-electron chi connectivity index (χ3n) is 0.175. The largest absolute Gasteiger partial charge is 0.505 e. The van der Waals surface area contributed by atoms with E-state index in [9.17, 15) is 0 Å². The molecule has 0 aliphatic rings. The molecule has 0 bridgehead atoms. The predicted molar refractivity (Wildman–Crippen MR) is 29.9 cm³/mol. The summed E-state index contributed by atoms with van der Waals surface area (Å²) < 4.78 is 3.67. The molecule has 3 nitrogen and oxygen atoms in total. The highest BCUT2D eigenvalue weighted by atomic mass is 32.1. The summed E-state index contributed by atoms with van der Waals surface area (Å²) in [5.74, 6) is 0.